The van der Waals surface area contributed by atoms with Crippen LogP contribution in [-0.2, 0) is 9.59 Å². The van der Waals surface area contributed by atoms with Crippen LogP contribution in [0.2, 0.25) is 0 Å². The van der Waals surface area contributed by atoms with Crippen LogP contribution in [0.25, 0.3) is 0 Å². The summed E-state index contributed by atoms with van der Waals surface area (Å²) in [5, 5.41) is 20.4. The number of rotatable bonds is 32. The minimum Gasteiger partial charge on any atom is -0.550 e. The number of carboxylic acids is 2. The van der Waals surface area contributed by atoms with Crippen LogP contribution >= 0.6 is 0 Å². The summed E-state index contributed by atoms with van der Waals surface area (Å²) in [5.74, 6) is -1.81. The molecule has 0 amide bonds. The van der Waals surface area contributed by atoms with Gasteiger partial charge in [0.2, 0.25) is 0 Å². The average Bonchev–Trinajstić information content (AvgIpc) is 2.93. The van der Waals surface area contributed by atoms with Crippen molar-refractivity contribution in [3.05, 3.63) is 0 Å². The van der Waals surface area contributed by atoms with Gasteiger partial charge in [-0.3, -0.25) is 0 Å². The Morgan fingerprint density at radius 1 is 0.333 bits per heavy atom. The summed E-state index contributed by atoms with van der Waals surface area (Å²) in [6.45, 7) is 4.53. The number of carbonyl (C=O) groups is 2. The molecule has 0 aromatic carbocycles. The minimum absolute atomic E-state index is 0. The van der Waals surface area contributed by atoms with Crippen molar-refractivity contribution < 1.29 is 19.8 Å². The Kier molecular flexibility index (Phi) is 54.5. The first kappa shape index (κ1) is 49.6. The molecule has 0 N–H and O–H groups in total. The van der Waals surface area contributed by atoms with Crippen LogP contribution < -0.4 is 10.2 Å². The Morgan fingerprint density at radius 2 is 0.476 bits per heavy atom. The van der Waals surface area contributed by atoms with Gasteiger partial charge in [0.25, 0.3) is 0 Å². The molecule has 0 aromatic heterocycles. The van der Waals surface area contributed by atoms with E-state index < -0.39 is 11.9 Å². The van der Waals surface area contributed by atoms with E-state index in [2.05, 4.69) is 13.8 Å². The molecule has 0 aromatic rings. The van der Waals surface area contributed by atoms with E-state index in [1.165, 1.54) is 167 Å². The first-order valence-electron chi connectivity index (χ1n) is 17.9. The molecule has 0 aliphatic carbocycles. The zero-order chi connectivity index (χ0) is 29.8. The van der Waals surface area contributed by atoms with Gasteiger partial charge >= 0.3 is 55.1 Å². The monoisotopic (exact) mass is 633 g/mol. The molecule has 0 fully saturated rings. The van der Waals surface area contributed by atoms with Gasteiger partial charge in [0.15, 0.2) is 0 Å². The SMILES string of the molecule is CCCCCCCCCCCCCCCCCC(=O)[O-].CCCCCCCCCCCCCCCCCC(=O)[O-].[Al+3].[Ca+2]. The molecule has 0 radical (unpaired) electrons. The first-order valence-corrected chi connectivity index (χ1v) is 17.9. The fourth-order valence-corrected chi connectivity index (χ4v) is 5.28. The van der Waals surface area contributed by atoms with Crippen LogP contribution in [0.5, 0.6) is 0 Å². The van der Waals surface area contributed by atoms with Crippen molar-refractivity contribution in [2.45, 2.75) is 219 Å². The molecule has 0 heterocycles. The molecule has 4 nitrogen and oxygen atoms in total. The Hall–Kier alpha value is 0.732. The maximum Gasteiger partial charge on any atom is 3.00 e. The Bertz CT molecular complexity index is 461. The first-order chi connectivity index (χ1) is 19.5. The number of unbranched alkanes of at least 4 members (excludes halogenated alkanes) is 28. The van der Waals surface area contributed by atoms with Gasteiger partial charge in [0.1, 0.15) is 0 Å². The third-order valence-electron chi connectivity index (χ3n) is 7.97. The normalized spacial score (nSPS) is 10.3. The molecule has 0 aliphatic rings. The summed E-state index contributed by atoms with van der Waals surface area (Å²) < 4.78 is 0. The molecule has 6 heteroatoms. The quantitative estimate of drug-likeness (QED) is 0.0546. The van der Waals surface area contributed by atoms with Crippen molar-refractivity contribution in [3.8, 4) is 0 Å². The van der Waals surface area contributed by atoms with Crippen LogP contribution in [-0.4, -0.2) is 67.0 Å². The van der Waals surface area contributed by atoms with Gasteiger partial charge in [-0.1, -0.05) is 194 Å². The average molecular weight is 634 g/mol. The Balaban J connectivity index is -0.000000328. The summed E-state index contributed by atoms with van der Waals surface area (Å²) in [6.07, 6.45) is 39.7. The number of carboxylic acid groups (broad SMARTS) is 2. The van der Waals surface area contributed by atoms with E-state index in [0.717, 1.165) is 25.7 Å². The van der Waals surface area contributed by atoms with E-state index in [4.69, 9.17) is 0 Å². The summed E-state index contributed by atoms with van der Waals surface area (Å²) in [7, 11) is 0. The van der Waals surface area contributed by atoms with E-state index in [9.17, 15) is 19.8 Å². The Labute approximate surface area is 303 Å². The number of hydrogen-bond donors (Lipinski definition) is 0. The van der Waals surface area contributed by atoms with E-state index in [-0.39, 0.29) is 67.9 Å². The van der Waals surface area contributed by atoms with Gasteiger partial charge in [0, 0.05) is 11.9 Å². The molecule has 0 aliphatic heterocycles. The molecule has 240 valence electrons. The van der Waals surface area contributed by atoms with Crippen LogP contribution in [0.3, 0.4) is 0 Å². The number of aliphatic carboxylic acids is 2. The molecule has 0 atom stereocenters. The maximum atomic E-state index is 10.2. The summed E-state index contributed by atoms with van der Waals surface area (Å²) >= 11 is 0. The number of carbonyl (C=O) groups excluding carboxylic acids is 2. The van der Waals surface area contributed by atoms with E-state index in [1.54, 1.807) is 0 Å². The Morgan fingerprint density at radius 3 is 0.619 bits per heavy atom. The molecule has 0 rings (SSSR count). The van der Waals surface area contributed by atoms with E-state index in [0.29, 0.717) is 0 Å². The summed E-state index contributed by atoms with van der Waals surface area (Å²) in [6, 6.07) is 0. The van der Waals surface area contributed by atoms with Gasteiger partial charge in [-0.05, 0) is 25.7 Å². The van der Waals surface area contributed by atoms with E-state index in [1.807, 2.05) is 0 Å². The second kappa shape index (κ2) is 46.2. The van der Waals surface area contributed by atoms with E-state index >= 15 is 0 Å². The summed E-state index contributed by atoms with van der Waals surface area (Å²) in [5.41, 5.74) is 0. The smallest absolute Gasteiger partial charge is 0.550 e. The minimum atomic E-state index is -0.903. The van der Waals surface area contributed by atoms with Crippen molar-refractivity contribution >= 4 is 67.0 Å². The van der Waals surface area contributed by atoms with Crippen molar-refractivity contribution in [1.82, 2.24) is 0 Å². The third-order valence-corrected chi connectivity index (χ3v) is 7.97. The van der Waals surface area contributed by atoms with Crippen molar-refractivity contribution in [2.75, 3.05) is 0 Å². The van der Waals surface area contributed by atoms with Crippen LogP contribution in [0.4, 0.5) is 0 Å². The van der Waals surface area contributed by atoms with Gasteiger partial charge in [-0.25, -0.2) is 0 Å². The molecule has 0 bridgehead atoms. The predicted octanol–water partition coefficient (Wildman–Crippen LogP) is 9.23. The van der Waals surface area contributed by atoms with Gasteiger partial charge in [-0.15, -0.1) is 0 Å². The molecule has 0 saturated heterocycles. The molecular formula is C36H70AlCaO4+3. The fourth-order valence-electron chi connectivity index (χ4n) is 5.28. The largest absolute Gasteiger partial charge is 3.00 e. The summed E-state index contributed by atoms with van der Waals surface area (Å²) in [4.78, 5) is 20.4. The van der Waals surface area contributed by atoms with Crippen LogP contribution in [0.1, 0.15) is 219 Å². The van der Waals surface area contributed by atoms with Gasteiger partial charge in [-0.2, -0.15) is 0 Å². The van der Waals surface area contributed by atoms with Crippen molar-refractivity contribution in [3.63, 3.8) is 0 Å². The topological polar surface area (TPSA) is 80.3 Å². The maximum absolute atomic E-state index is 10.2. The van der Waals surface area contributed by atoms with Crippen LogP contribution in [0, 0.1) is 0 Å². The van der Waals surface area contributed by atoms with Gasteiger partial charge < -0.3 is 19.8 Å². The van der Waals surface area contributed by atoms with Crippen LogP contribution in [0.15, 0.2) is 0 Å². The standard InChI is InChI=1S/2C18H36O2.Al.Ca/c2*1-2-3-4-5-6-7-8-9-10-11-12-13-14-15-16-17-18(19)20;;/h2*2-17H2,1H3,(H,19,20);;/q;;+3;+2/p-2. The zero-order valence-electron chi connectivity index (χ0n) is 28.5. The molecule has 42 heavy (non-hydrogen) atoms. The molecule has 0 saturated carbocycles. The predicted molar refractivity (Wildman–Crippen MR) is 181 cm³/mol. The molecule has 0 unspecified atom stereocenters. The van der Waals surface area contributed by atoms with Crippen molar-refractivity contribution in [1.29, 1.82) is 0 Å². The van der Waals surface area contributed by atoms with Crippen molar-refractivity contribution in [2.24, 2.45) is 0 Å². The number of hydrogen-bond acceptors (Lipinski definition) is 4. The zero-order valence-corrected chi connectivity index (χ0v) is 31.9. The molecule has 0 spiro atoms. The van der Waals surface area contributed by atoms with Gasteiger partial charge in [0.05, 0.1) is 0 Å². The molecular weight excluding hydrogens is 563 g/mol. The third kappa shape index (κ3) is 53.3. The fraction of sp³-hybridized carbons (Fsp3) is 0.944. The second-order valence-electron chi connectivity index (χ2n) is 12.1. The second-order valence-corrected chi connectivity index (χ2v) is 12.1.